The second-order valence-corrected chi connectivity index (χ2v) is 3.77. The Hall–Kier alpha value is -0.400. The second-order valence-electron chi connectivity index (χ2n) is 3.03. The van der Waals surface area contributed by atoms with Gasteiger partial charge in [-0.25, -0.2) is 0 Å². The Kier molecular flexibility index (Phi) is 4.40. The van der Waals surface area contributed by atoms with E-state index in [4.69, 9.17) is 27.9 Å². The van der Waals surface area contributed by atoms with E-state index in [9.17, 15) is 0 Å². The second kappa shape index (κ2) is 5.36. The maximum Gasteiger partial charge on any atom is 0.120 e. The standard InChI is InChI=1S/C10H12Cl2O/c1-8(6-11)7-13-10-4-2-3-9(12)5-10/h2-5,8H,6-7H2,1H3/t8-/m0/s1. The van der Waals surface area contributed by atoms with E-state index in [1.807, 2.05) is 25.1 Å². The number of rotatable bonds is 4. The fraction of sp³-hybridized carbons (Fsp3) is 0.400. The van der Waals surface area contributed by atoms with Gasteiger partial charge in [0.05, 0.1) is 6.61 Å². The molecule has 0 radical (unpaired) electrons. The number of alkyl halides is 1. The van der Waals surface area contributed by atoms with Crippen molar-refractivity contribution in [3.8, 4) is 5.75 Å². The summed E-state index contributed by atoms with van der Waals surface area (Å²) in [5, 5.41) is 0.691. The number of hydrogen-bond donors (Lipinski definition) is 0. The van der Waals surface area contributed by atoms with E-state index in [-0.39, 0.29) is 0 Å². The van der Waals surface area contributed by atoms with Gasteiger partial charge in [-0.1, -0.05) is 24.6 Å². The SMILES string of the molecule is C[C@@H](CCl)COc1cccc(Cl)c1. The average molecular weight is 219 g/mol. The van der Waals surface area contributed by atoms with Crippen LogP contribution in [0.2, 0.25) is 5.02 Å². The maximum absolute atomic E-state index is 5.79. The van der Waals surface area contributed by atoms with Crippen LogP contribution in [0.15, 0.2) is 24.3 Å². The van der Waals surface area contributed by atoms with Gasteiger partial charge in [0.1, 0.15) is 5.75 Å². The highest BCUT2D eigenvalue weighted by molar-refractivity contribution is 6.30. The Bertz CT molecular complexity index is 263. The molecule has 1 atom stereocenters. The van der Waals surface area contributed by atoms with E-state index in [0.29, 0.717) is 23.4 Å². The van der Waals surface area contributed by atoms with Gasteiger partial charge >= 0.3 is 0 Å². The molecular formula is C10H12Cl2O. The first-order valence-corrected chi connectivity index (χ1v) is 5.08. The van der Waals surface area contributed by atoms with Crippen LogP contribution in [0.4, 0.5) is 0 Å². The van der Waals surface area contributed by atoms with Crippen molar-refractivity contribution >= 4 is 23.2 Å². The van der Waals surface area contributed by atoms with Crippen molar-refractivity contribution in [2.24, 2.45) is 5.92 Å². The summed E-state index contributed by atoms with van der Waals surface area (Å²) in [5.41, 5.74) is 0. The van der Waals surface area contributed by atoms with E-state index in [0.717, 1.165) is 5.75 Å². The molecule has 1 rings (SSSR count). The summed E-state index contributed by atoms with van der Waals surface area (Å²) in [6, 6.07) is 7.36. The largest absolute Gasteiger partial charge is 0.493 e. The molecule has 0 spiro atoms. The van der Waals surface area contributed by atoms with Crippen LogP contribution in [0.3, 0.4) is 0 Å². The number of benzene rings is 1. The highest BCUT2D eigenvalue weighted by Gasteiger charge is 2.01. The third-order valence-corrected chi connectivity index (χ3v) is 2.36. The summed E-state index contributed by atoms with van der Waals surface area (Å²) in [4.78, 5) is 0. The van der Waals surface area contributed by atoms with E-state index in [1.54, 1.807) is 6.07 Å². The lowest BCUT2D eigenvalue weighted by Crippen LogP contribution is -2.09. The molecule has 72 valence electrons. The molecule has 0 aliphatic heterocycles. The predicted octanol–water partition coefficient (Wildman–Crippen LogP) is 3.59. The molecule has 0 aliphatic carbocycles. The van der Waals surface area contributed by atoms with E-state index >= 15 is 0 Å². The Morgan fingerprint density at radius 1 is 1.46 bits per heavy atom. The summed E-state index contributed by atoms with van der Waals surface area (Å²) >= 11 is 11.4. The van der Waals surface area contributed by atoms with Crippen LogP contribution >= 0.6 is 23.2 Å². The van der Waals surface area contributed by atoms with Gasteiger partial charge in [0.15, 0.2) is 0 Å². The van der Waals surface area contributed by atoms with Crippen LogP contribution in [0.25, 0.3) is 0 Å². The predicted molar refractivity (Wildman–Crippen MR) is 56.8 cm³/mol. The molecule has 0 bridgehead atoms. The normalized spacial score (nSPS) is 12.5. The van der Waals surface area contributed by atoms with Gasteiger partial charge in [0, 0.05) is 16.8 Å². The van der Waals surface area contributed by atoms with Gasteiger partial charge in [0.25, 0.3) is 0 Å². The smallest absolute Gasteiger partial charge is 0.120 e. The quantitative estimate of drug-likeness (QED) is 0.703. The number of ether oxygens (including phenoxy) is 1. The highest BCUT2D eigenvalue weighted by atomic mass is 35.5. The van der Waals surface area contributed by atoms with Crippen LogP contribution < -0.4 is 4.74 Å². The zero-order valence-corrected chi connectivity index (χ0v) is 8.98. The zero-order valence-electron chi connectivity index (χ0n) is 7.47. The topological polar surface area (TPSA) is 9.23 Å². The van der Waals surface area contributed by atoms with Gasteiger partial charge in [0.2, 0.25) is 0 Å². The van der Waals surface area contributed by atoms with Crippen molar-refractivity contribution in [1.29, 1.82) is 0 Å². The molecule has 0 saturated carbocycles. The van der Waals surface area contributed by atoms with Gasteiger partial charge < -0.3 is 4.74 Å². The lowest BCUT2D eigenvalue weighted by Gasteiger charge is -2.09. The Morgan fingerprint density at radius 3 is 2.85 bits per heavy atom. The molecule has 1 aromatic carbocycles. The van der Waals surface area contributed by atoms with Crippen LogP contribution in [-0.2, 0) is 0 Å². The molecule has 0 aromatic heterocycles. The lowest BCUT2D eigenvalue weighted by atomic mass is 10.2. The molecule has 0 heterocycles. The number of hydrogen-bond acceptors (Lipinski definition) is 1. The first-order chi connectivity index (χ1) is 6.22. The van der Waals surface area contributed by atoms with Crippen molar-refractivity contribution in [2.45, 2.75) is 6.92 Å². The average Bonchev–Trinajstić information content (AvgIpc) is 2.14. The molecule has 0 aliphatic rings. The first kappa shape index (κ1) is 10.7. The molecule has 3 heteroatoms. The Morgan fingerprint density at radius 2 is 2.23 bits per heavy atom. The molecular weight excluding hydrogens is 207 g/mol. The van der Waals surface area contributed by atoms with Crippen molar-refractivity contribution in [3.63, 3.8) is 0 Å². The summed E-state index contributed by atoms with van der Waals surface area (Å²) in [6.45, 7) is 2.67. The Balaban J connectivity index is 2.45. The summed E-state index contributed by atoms with van der Waals surface area (Å²) in [6.07, 6.45) is 0. The van der Waals surface area contributed by atoms with Crippen LogP contribution in [0.5, 0.6) is 5.75 Å². The molecule has 0 fully saturated rings. The highest BCUT2D eigenvalue weighted by Crippen LogP contribution is 2.17. The van der Waals surface area contributed by atoms with Crippen LogP contribution in [0.1, 0.15) is 6.92 Å². The minimum Gasteiger partial charge on any atom is -0.493 e. The molecule has 1 aromatic rings. The third kappa shape index (κ3) is 3.88. The fourth-order valence-corrected chi connectivity index (χ4v) is 1.11. The molecule has 13 heavy (non-hydrogen) atoms. The van der Waals surface area contributed by atoms with E-state index in [2.05, 4.69) is 0 Å². The first-order valence-electron chi connectivity index (χ1n) is 4.16. The lowest BCUT2D eigenvalue weighted by molar-refractivity contribution is 0.273. The summed E-state index contributed by atoms with van der Waals surface area (Å²) in [5.74, 6) is 1.77. The zero-order chi connectivity index (χ0) is 9.68. The van der Waals surface area contributed by atoms with Crippen molar-refractivity contribution in [2.75, 3.05) is 12.5 Å². The van der Waals surface area contributed by atoms with Gasteiger partial charge in [-0.2, -0.15) is 0 Å². The van der Waals surface area contributed by atoms with Crippen molar-refractivity contribution in [3.05, 3.63) is 29.3 Å². The molecule has 0 unspecified atom stereocenters. The fourth-order valence-electron chi connectivity index (χ4n) is 0.840. The van der Waals surface area contributed by atoms with Gasteiger partial charge in [-0.15, -0.1) is 11.6 Å². The van der Waals surface area contributed by atoms with E-state index in [1.165, 1.54) is 0 Å². The van der Waals surface area contributed by atoms with Crippen molar-refractivity contribution < 1.29 is 4.74 Å². The number of halogens is 2. The molecule has 0 N–H and O–H groups in total. The minimum absolute atomic E-state index is 0.362. The monoisotopic (exact) mass is 218 g/mol. The Labute approximate surface area is 88.6 Å². The maximum atomic E-state index is 5.79. The van der Waals surface area contributed by atoms with Gasteiger partial charge in [-0.05, 0) is 18.2 Å². The molecule has 0 amide bonds. The summed E-state index contributed by atoms with van der Waals surface area (Å²) < 4.78 is 5.47. The van der Waals surface area contributed by atoms with Gasteiger partial charge in [-0.3, -0.25) is 0 Å². The van der Waals surface area contributed by atoms with Crippen LogP contribution in [-0.4, -0.2) is 12.5 Å². The minimum atomic E-state index is 0.362. The van der Waals surface area contributed by atoms with Crippen LogP contribution in [0, 0.1) is 5.92 Å². The molecule has 1 nitrogen and oxygen atoms in total. The summed E-state index contributed by atoms with van der Waals surface area (Å²) in [7, 11) is 0. The third-order valence-electron chi connectivity index (χ3n) is 1.59. The van der Waals surface area contributed by atoms with E-state index < -0.39 is 0 Å². The molecule has 0 saturated heterocycles. The van der Waals surface area contributed by atoms with Crippen molar-refractivity contribution in [1.82, 2.24) is 0 Å².